The Balaban J connectivity index is 1.98. The van der Waals surface area contributed by atoms with E-state index in [1.165, 1.54) is 12.8 Å². The summed E-state index contributed by atoms with van der Waals surface area (Å²) in [4.78, 5) is 13.9. The summed E-state index contributed by atoms with van der Waals surface area (Å²) in [6.45, 7) is 5.42. The number of aromatic nitrogens is 1. The fourth-order valence-corrected chi connectivity index (χ4v) is 1.98. The highest BCUT2D eigenvalue weighted by atomic mass is 16.5. The van der Waals surface area contributed by atoms with Crippen LogP contribution in [0.3, 0.4) is 0 Å². The summed E-state index contributed by atoms with van der Waals surface area (Å²) in [7, 11) is 0. The van der Waals surface area contributed by atoms with Gasteiger partial charge in [-0.25, -0.2) is 4.79 Å². The minimum Gasteiger partial charge on any atom is -0.338 e. The summed E-state index contributed by atoms with van der Waals surface area (Å²) in [6, 6.07) is -0.0776. The molecule has 1 aliphatic rings. The van der Waals surface area contributed by atoms with Gasteiger partial charge in [0.05, 0.1) is 5.69 Å². The van der Waals surface area contributed by atoms with E-state index in [-0.39, 0.29) is 6.03 Å². The van der Waals surface area contributed by atoms with Gasteiger partial charge in [0.15, 0.2) is 0 Å². The number of carbonyl (C=O) groups is 1. The first-order valence-corrected chi connectivity index (χ1v) is 6.17. The SMILES string of the molecule is Cc1noc(NC(=O)N2CCCCCC2)c1C. The van der Waals surface area contributed by atoms with Crippen molar-refractivity contribution < 1.29 is 9.32 Å². The number of nitrogens with zero attached hydrogens (tertiary/aromatic N) is 2. The number of hydrogen-bond donors (Lipinski definition) is 1. The summed E-state index contributed by atoms with van der Waals surface area (Å²) in [5.41, 5.74) is 1.71. The minimum absolute atomic E-state index is 0.0776. The Kier molecular flexibility index (Phi) is 3.66. The molecule has 2 rings (SSSR count). The lowest BCUT2D eigenvalue weighted by Gasteiger charge is -2.19. The zero-order valence-electron chi connectivity index (χ0n) is 10.5. The molecule has 0 atom stereocenters. The maximum Gasteiger partial charge on any atom is 0.324 e. The van der Waals surface area contributed by atoms with Crippen LogP contribution in [0, 0.1) is 13.8 Å². The van der Waals surface area contributed by atoms with Crippen molar-refractivity contribution in [2.45, 2.75) is 39.5 Å². The number of urea groups is 1. The topological polar surface area (TPSA) is 58.4 Å². The molecule has 5 heteroatoms. The van der Waals surface area contributed by atoms with Crippen molar-refractivity contribution in [3.8, 4) is 0 Å². The van der Waals surface area contributed by atoms with Gasteiger partial charge in [-0.2, -0.15) is 0 Å². The van der Waals surface area contributed by atoms with Gasteiger partial charge in [0.25, 0.3) is 0 Å². The Hall–Kier alpha value is -1.52. The van der Waals surface area contributed by atoms with Crippen LogP contribution in [-0.2, 0) is 0 Å². The van der Waals surface area contributed by atoms with E-state index in [0.717, 1.165) is 37.2 Å². The number of aryl methyl sites for hydroxylation is 1. The summed E-state index contributed by atoms with van der Waals surface area (Å²) in [6.07, 6.45) is 4.60. The van der Waals surface area contributed by atoms with Gasteiger partial charge in [0, 0.05) is 18.7 Å². The van der Waals surface area contributed by atoms with Gasteiger partial charge in [0.1, 0.15) is 0 Å². The van der Waals surface area contributed by atoms with E-state index in [1.807, 2.05) is 18.7 Å². The molecule has 1 aliphatic heterocycles. The van der Waals surface area contributed by atoms with E-state index in [2.05, 4.69) is 10.5 Å². The van der Waals surface area contributed by atoms with E-state index >= 15 is 0 Å². The van der Waals surface area contributed by atoms with Crippen LogP contribution in [-0.4, -0.2) is 29.2 Å². The highest BCUT2D eigenvalue weighted by Crippen LogP contribution is 2.18. The van der Waals surface area contributed by atoms with Crippen LogP contribution >= 0.6 is 0 Å². The van der Waals surface area contributed by atoms with E-state index < -0.39 is 0 Å². The molecule has 94 valence electrons. The van der Waals surface area contributed by atoms with Crippen molar-refractivity contribution >= 4 is 11.9 Å². The normalized spacial score (nSPS) is 16.7. The third kappa shape index (κ3) is 2.78. The van der Waals surface area contributed by atoms with Gasteiger partial charge < -0.3 is 9.42 Å². The Labute approximate surface area is 101 Å². The summed E-state index contributed by atoms with van der Waals surface area (Å²) in [5, 5.41) is 6.61. The molecule has 0 aromatic carbocycles. The molecule has 0 spiro atoms. The monoisotopic (exact) mass is 237 g/mol. The molecule has 2 amide bonds. The average molecular weight is 237 g/mol. The molecule has 0 radical (unpaired) electrons. The van der Waals surface area contributed by atoms with Crippen molar-refractivity contribution in [3.05, 3.63) is 11.3 Å². The first kappa shape index (κ1) is 12.0. The first-order valence-electron chi connectivity index (χ1n) is 6.17. The quantitative estimate of drug-likeness (QED) is 0.817. The highest BCUT2D eigenvalue weighted by Gasteiger charge is 2.18. The van der Waals surface area contributed by atoms with Gasteiger partial charge in [-0.3, -0.25) is 5.32 Å². The maximum absolute atomic E-state index is 12.0. The largest absolute Gasteiger partial charge is 0.338 e. The molecule has 0 bridgehead atoms. The average Bonchev–Trinajstić information content (AvgIpc) is 2.59. The van der Waals surface area contributed by atoms with E-state index in [9.17, 15) is 4.79 Å². The number of likely N-dealkylation sites (tertiary alicyclic amines) is 1. The van der Waals surface area contributed by atoms with Gasteiger partial charge in [-0.05, 0) is 26.7 Å². The Morgan fingerprint density at radius 2 is 1.88 bits per heavy atom. The smallest absolute Gasteiger partial charge is 0.324 e. The van der Waals surface area contributed by atoms with E-state index in [0.29, 0.717) is 5.88 Å². The third-order valence-corrected chi connectivity index (χ3v) is 3.27. The van der Waals surface area contributed by atoms with Crippen LogP contribution < -0.4 is 5.32 Å². The van der Waals surface area contributed by atoms with Crippen molar-refractivity contribution in [1.29, 1.82) is 0 Å². The standard InChI is InChI=1S/C12H19N3O2/c1-9-10(2)14-17-11(9)13-12(16)15-7-5-3-4-6-8-15/h3-8H2,1-2H3,(H,13,16). The molecule has 1 aromatic rings. The van der Waals surface area contributed by atoms with Gasteiger partial charge >= 0.3 is 6.03 Å². The van der Waals surface area contributed by atoms with Crippen molar-refractivity contribution in [2.24, 2.45) is 0 Å². The van der Waals surface area contributed by atoms with E-state index in [4.69, 9.17) is 4.52 Å². The van der Waals surface area contributed by atoms with Gasteiger partial charge in [0.2, 0.25) is 5.88 Å². The lowest BCUT2D eigenvalue weighted by atomic mass is 10.2. The fourth-order valence-electron chi connectivity index (χ4n) is 1.98. The molecule has 0 saturated carbocycles. The second kappa shape index (κ2) is 5.21. The van der Waals surface area contributed by atoms with Crippen molar-refractivity contribution in [2.75, 3.05) is 18.4 Å². The van der Waals surface area contributed by atoms with Crippen LogP contribution in [0.4, 0.5) is 10.7 Å². The molecule has 1 fully saturated rings. The van der Waals surface area contributed by atoms with Crippen molar-refractivity contribution in [3.63, 3.8) is 0 Å². The molecular formula is C12H19N3O2. The van der Waals surface area contributed by atoms with Crippen LogP contribution in [0.15, 0.2) is 4.52 Å². The molecule has 0 unspecified atom stereocenters. The summed E-state index contributed by atoms with van der Waals surface area (Å²) >= 11 is 0. The molecule has 1 saturated heterocycles. The second-order valence-corrected chi connectivity index (χ2v) is 4.55. The summed E-state index contributed by atoms with van der Waals surface area (Å²) < 4.78 is 5.08. The van der Waals surface area contributed by atoms with Gasteiger partial charge in [-0.1, -0.05) is 18.0 Å². The van der Waals surface area contributed by atoms with Gasteiger partial charge in [-0.15, -0.1) is 0 Å². The Morgan fingerprint density at radius 1 is 1.24 bits per heavy atom. The predicted molar refractivity (Wildman–Crippen MR) is 65.0 cm³/mol. The van der Waals surface area contributed by atoms with Crippen LogP contribution in [0.1, 0.15) is 36.9 Å². The Morgan fingerprint density at radius 3 is 2.41 bits per heavy atom. The third-order valence-electron chi connectivity index (χ3n) is 3.27. The summed E-state index contributed by atoms with van der Waals surface area (Å²) in [5.74, 6) is 0.469. The lowest BCUT2D eigenvalue weighted by Crippen LogP contribution is -2.35. The number of anilines is 1. The molecular weight excluding hydrogens is 218 g/mol. The number of nitrogens with one attached hydrogen (secondary N) is 1. The van der Waals surface area contributed by atoms with Crippen LogP contribution in [0.5, 0.6) is 0 Å². The molecule has 0 aliphatic carbocycles. The van der Waals surface area contributed by atoms with Crippen LogP contribution in [0.2, 0.25) is 0 Å². The number of amides is 2. The number of carbonyl (C=O) groups excluding carboxylic acids is 1. The fraction of sp³-hybridized carbons (Fsp3) is 0.667. The zero-order valence-corrected chi connectivity index (χ0v) is 10.5. The molecule has 1 aromatic heterocycles. The second-order valence-electron chi connectivity index (χ2n) is 4.55. The first-order chi connectivity index (χ1) is 8.18. The molecule has 17 heavy (non-hydrogen) atoms. The predicted octanol–water partition coefficient (Wildman–Crippen LogP) is 2.70. The molecule has 5 nitrogen and oxygen atoms in total. The zero-order chi connectivity index (χ0) is 12.3. The van der Waals surface area contributed by atoms with Crippen molar-refractivity contribution in [1.82, 2.24) is 10.1 Å². The minimum atomic E-state index is -0.0776. The highest BCUT2D eigenvalue weighted by molar-refractivity contribution is 5.88. The maximum atomic E-state index is 12.0. The number of rotatable bonds is 1. The number of hydrogen-bond acceptors (Lipinski definition) is 3. The van der Waals surface area contributed by atoms with Crippen LogP contribution in [0.25, 0.3) is 0 Å². The molecule has 2 heterocycles. The Bertz CT molecular complexity index is 392. The lowest BCUT2D eigenvalue weighted by molar-refractivity contribution is 0.212. The molecule has 1 N–H and O–H groups in total. The van der Waals surface area contributed by atoms with E-state index in [1.54, 1.807) is 0 Å².